The van der Waals surface area contributed by atoms with Gasteiger partial charge in [0.2, 0.25) is 0 Å². The molecule has 1 amide bonds. The van der Waals surface area contributed by atoms with Crippen molar-refractivity contribution in [3.8, 4) is 0 Å². The maximum atomic E-state index is 12.7. The van der Waals surface area contributed by atoms with E-state index in [-0.39, 0.29) is 42.0 Å². The van der Waals surface area contributed by atoms with Crippen LogP contribution in [0.1, 0.15) is 92.4 Å². The van der Waals surface area contributed by atoms with Crippen LogP contribution in [-0.2, 0) is 19.1 Å². The SMILES string of the molecule is CC(=O)[C@H]1CC[C@H]2[C@@H]3CCC4CC(OC(=O)N(C)CCOC(=O)C(C)C)CC[C@]4(C)[C@H]3CC[C@]12C. The van der Waals surface area contributed by atoms with E-state index in [4.69, 9.17) is 9.47 Å². The van der Waals surface area contributed by atoms with E-state index in [1.807, 2.05) is 0 Å². The van der Waals surface area contributed by atoms with Crippen LogP contribution in [-0.4, -0.2) is 49.0 Å². The summed E-state index contributed by atoms with van der Waals surface area (Å²) < 4.78 is 11.1. The molecule has 0 N–H and O–H groups in total. The van der Waals surface area contributed by atoms with Crippen LogP contribution >= 0.6 is 0 Å². The summed E-state index contributed by atoms with van der Waals surface area (Å²) in [5.74, 6) is 3.04. The highest BCUT2D eigenvalue weighted by Gasteiger charge is 2.61. The summed E-state index contributed by atoms with van der Waals surface area (Å²) in [6, 6.07) is 0. The zero-order chi connectivity index (χ0) is 25.5. The van der Waals surface area contributed by atoms with Crippen molar-refractivity contribution in [3.63, 3.8) is 0 Å². The van der Waals surface area contributed by atoms with Crippen molar-refractivity contribution in [2.24, 2.45) is 46.3 Å². The molecule has 0 radical (unpaired) electrons. The third-order valence-electron chi connectivity index (χ3n) is 10.8. The van der Waals surface area contributed by atoms with E-state index < -0.39 is 0 Å². The summed E-state index contributed by atoms with van der Waals surface area (Å²) >= 11 is 0. The summed E-state index contributed by atoms with van der Waals surface area (Å²) in [5.41, 5.74) is 0.523. The summed E-state index contributed by atoms with van der Waals surface area (Å²) in [6.07, 6.45) is 9.88. The molecule has 4 saturated carbocycles. The quantitative estimate of drug-likeness (QED) is 0.436. The fraction of sp³-hybridized carbons (Fsp3) is 0.897. The first-order chi connectivity index (χ1) is 16.5. The van der Waals surface area contributed by atoms with Crippen molar-refractivity contribution in [2.45, 2.75) is 98.5 Å². The van der Waals surface area contributed by atoms with Crippen molar-refractivity contribution < 1.29 is 23.9 Å². The maximum Gasteiger partial charge on any atom is 0.409 e. The number of nitrogens with zero attached hydrogens (tertiary/aromatic N) is 1. The monoisotopic (exact) mass is 489 g/mol. The van der Waals surface area contributed by atoms with Gasteiger partial charge in [-0.15, -0.1) is 0 Å². The fourth-order valence-corrected chi connectivity index (χ4v) is 8.77. The second-order valence-corrected chi connectivity index (χ2v) is 13.0. The first-order valence-electron chi connectivity index (χ1n) is 14.1. The molecular weight excluding hydrogens is 442 g/mol. The lowest BCUT2D eigenvalue weighted by molar-refractivity contribution is -0.147. The van der Waals surface area contributed by atoms with Crippen LogP contribution in [0.3, 0.4) is 0 Å². The smallest absolute Gasteiger partial charge is 0.409 e. The average molecular weight is 490 g/mol. The number of likely N-dealkylation sites (N-methyl/N-ethyl adjacent to an activating group) is 1. The van der Waals surface area contributed by atoms with Crippen molar-refractivity contribution >= 4 is 17.8 Å². The number of hydrogen-bond donors (Lipinski definition) is 0. The van der Waals surface area contributed by atoms with E-state index in [0.717, 1.165) is 37.5 Å². The number of ether oxygens (including phenoxy) is 2. The molecule has 0 aliphatic heterocycles. The molecule has 0 heterocycles. The van der Waals surface area contributed by atoms with Gasteiger partial charge < -0.3 is 14.4 Å². The second-order valence-electron chi connectivity index (χ2n) is 13.0. The molecule has 6 nitrogen and oxygen atoms in total. The molecule has 4 fully saturated rings. The number of fused-ring (bicyclic) bond motifs is 5. The second kappa shape index (κ2) is 10.0. The van der Waals surface area contributed by atoms with E-state index in [9.17, 15) is 14.4 Å². The largest absolute Gasteiger partial charge is 0.464 e. The van der Waals surface area contributed by atoms with Gasteiger partial charge >= 0.3 is 12.1 Å². The molecule has 0 aromatic carbocycles. The highest BCUT2D eigenvalue weighted by molar-refractivity contribution is 5.79. The maximum absolute atomic E-state index is 12.7. The van der Waals surface area contributed by atoms with Gasteiger partial charge in [0.05, 0.1) is 12.5 Å². The molecule has 0 aromatic rings. The molecule has 0 bridgehead atoms. The zero-order valence-corrected chi connectivity index (χ0v) is 22.8. The van der Waals surface area contributed by atoms with E-state index in [1.165, 1.54) is 37.0 Å². The molecule has 8 atom stereocenters. The number of amides is 1. The number of ketones is 1. The summed E-state index contributed by atoms with van der Waals surface area (Å²) in [7, 11) is 1.71. The minimum atomic E-state index is -0.317. The lowest BCUT2D eigenvalue weighted by Gasteiger charge is -2.61. The third kappa shape index (κ3) is 4.87. The highest BCUT2D eigenvalue weighted by Crippen LogP contribution is 2.67. The lowest BCUT2D eigenvalue weighted by atomic mass is 9.44. The summed E-state index contributed by atoms with van der Waals surface area (Å²) in [6.45, 7) is 10.9. The summed E-state index contributed by atoms with van der Waals surface area (Å²) in [5, 5.41) is 0. The van der Waals surface area contributed by atoms with Crippen LogP contribution in [0, 0.1) is 46.3 Å². The van der Waals surface area contributed by atoms with E-state index in [0.29, 0.717) is 29.6 Å². The molecule has 35 heavy (non-hydrogen) atoms. The number of Topliss-reactive ketones (excluding diaryl/α,β-unsaturated/α-hetero) is 1. The Morgan fingerprint density at radius 2 is 1.63 bits per heavy atom. The Labute approximate surface area is 211 Å². The molecular formula is C29H47NO5. The van der Waals surface area contributed by atoms with Crippen LogP contribution in [0.25, 0.3) is 0 Å². The Kier molecular flexibility index (Phi) is 7.60. The van der Waals surface area contributed by atoms with Gasteiger partial charge in [-0.25, -0.2) is 4.79 Å². The van der Waals surface area contributed by atoms with E-state index in [2.05, 4.69) is 13.8 Å². The lowest BCUT2D eigenvalue weighted by Crippen LogP contribution is -2.54. The summed E-state index contributed by atoms with van der Waals surface area (Å²) in [4.78, 5) is 38.2. The minimum absolute atomic E-state index is 0.0276. The number of carbonyl (C=O) groups excluding carboxylic acids is 3. The fourth-order valence-electron chi connectivity index (χ4n) is 8.77. The van der Waals surface area contributed by atoms with Gasteiger partial charge in [-0.3, -0.25) is 9.59 Å². The number of hydrogen-bond acceptors (Lipinski definition) is 5. The number of esters is 1. The Morgan fingerprint density at radius 3 is 2.31 bits per heavy atom. The predicted octanol–water partition coefficient (Wildman–Crippen LogP) is 5.87. The van der Waals surface area contributed by atoms with Gasteiger partial charge in [-0.2, -0.15) is 0 Å². The van der Waals surface area contributed by atoms with Gasteiger partial charge in [-0.05, 0) is 99.2 Å². The van der Waals surface area contributed by atoms with Gasteiger partial charge in [0.1, 0.15) is 18.5 Å². The van der Waals surface area contributed by atoms with Crippen LogP contribution < -0.4 is 0 Å². The number of carbonyl (C=O) groups is 3. The topological polar surface area (TPSA) is 72.9 Å². The van der Waals surface area contributed by atoms with Gasteiger partial charge in [-0.1, -0.05) is 27.7 Å². The number of rotatable bonds is 6. The van der Waals surface area contributed by atoms with Crippen molar-refractivity contribution in [3.05, 3.63) is 0 Å². The van der Waals surface area contributed by atoms with Crippen molar-refractivity contribution in [1.82, 2.24) is 4.90 Å². The Hall–Kier alpha value is -1.59. The molecule has 0 saturated heterocycles. The molecule has 198 valence electrons. The van der Waals surface area contributed by atoms with Crippen LogP contribution in [0.2, 0.25) is 0 Å². The van der Waals surface area contributed by atoms with Gasteiger partial charge in [0, 0.05) is 13.0 Å². The highest BCUT2D eigenvalue weighted by atomic mass is 16.6. The minimum Gasteiger partial charge on any atom is -0.464 e. The van der Waals surface area contributed by atoms with E-state index in [1.54, 1.807) is 27.8 Å². The average Bonchev–Trinajstić information content (AvgIpc) is 3.16. The predicted molar refractivity (Wildman–Crippen MR) is 135 cm³/mol. The zero-order valence-electron chi connectivity index (χ0n) is 22.8. The van der Waals surface area contributed by atoms with Gasteiger partial charge in [0.15, 0.2) is 0 Å². The van der Waals surface area contributed by atoms with Crippen molar-refractivity contribution in [1.29, 1.82) is 0 Å². The molecule has 6 heteroatoms. The molecule has 4 aliphatic carbocycles. The molecule has 2 unspecified atom stereocenters. The molecule has 4 rings (SSSR count). The molecule has 0 spiro atoms. The molecule has 0 aromatic heterocycles. The third-order valence-corrected chi connectivity index (χ3v) is 10.8. The Balaban J connectivity index is 1.32. The van der Waals surface area contributed by atoms with Crippen LogP contribution in [0.4, 0.5) is 4.79 Å². The first-order valence-corrected chi connectivity index (χ1v) is 14.1. The van der Waals surface area contributed by atoms with Gasteiger partial charge in [0.25, 0.3) is 0 Å². The molecule has 4 aliphatic rings. The Bertz CT molecular complexity index is 826. The van der Waals surface area contributed by atoms with Crippen LogP contribution in [0.5, 0.6) is 0 Å². The standard InChI is InChI=1S/C29H47NO5/c1-18(2)26(32)34-16-15-30(6)27(33)35-21-11-13-28(4)20(17-21)7-8-22-24-10-9-23(19(3)31)29(24,5)14-12-25(22)28/h18,20-25H,7-17H2,1-6H3/t20?,21?,22-,23+,24-,25-,28-,29+/m0/s1. The van der Waals surface area contributed by atoms with Crippen LogP contribution in [0.15, 0.2) is 0 Å². The van der Waals surface area contributed by atoms with Crippen molar-refractivity contribution in [2.75, 3.05) is 20.2 Å². The Morgan fingerprint density at radius 1 is 0.943 bits per heavy atom. The first kappa shape index (κ1) is 26.5. The normalized spacial score (nSPS) is 40.3. The van der Waals surface area contributed by atoms with E-state index >= 15 is 0 Å².